The van der Waals surface area contributed by atoms with Crippen LogP contribution in [-0.4, -0.2) is 42.4 Å². The maximum Gasteiger partial charge on any atom is 0.119 e. The molecule has 29 heavy (non-hydrogen) atoms. The summed E-state index contributed by atoms with van der Waals surface area (Å²) in [6.07, 6.45) is 5.33. The van der Waals surface area contributed by atoms with Gasteiger partial charge < -0.3 is 14.7 Å². The van der Waals surface area contributed by atoms with Crippen LogP contribution in [0.3, 0.4) is 0 Å². The molecule has 1 saturated heterocycles. The lowest BCUT2D eigenvalue weighted by molar-refractivity contribution is -0.00863. The quantitative estimate of drug-likeness (QED) is 0.675. The molecule has 3 nitrogen and oxygen atoms in total. The fourth-order valence-corrected chi connectivity index (χ4v) is 5.00. The predicted octanol–water partition coefficient (Wildman–Crippen LogP) is 5.22. The highest BCUT2D eigenvalue weighted by Crippen LogP contribution is 2.47. The van der Waals surface area contributed by atoms with Gasteiger partial charge in [-0.25, -0.2) is 0 Å². The third kappa shape index (κ3) is 4.79. The molecule has 1 aliphatic heterocycles. The van der Waals surface area contributed by atoms with Gasteiger partial charge in [0, 0.05) is 29.4 Å². The van der Waals surface area contributed by atoms with Gasteiger partial charge in [0.2, 0.25) is 0 Å². The highest BCUT2D eigenvalue weighted by molar-refractivity contribution is 6.30. The number of hydrogen-bond acceptors (Lipinski definition) is 3. The van der Waals surface area contributed by atoms with Gasteiger partial charge in [-0.2, -0.15) is 0 Å². The number of piperidine rings is 1. The molecule has 4 rings (SSSR count). The maximum atomic E-state index is 11.2. The lowest BCUT2D eigenvalue weighted by Crippen LogP contribution is -2.52. The molecule has 2 aromatic rings. The second kappa shape index (κ2) is 9.07. The number of β-amino-alcohol motifs (C(OH)–C–C–N with tert-alkyl or cyclic N) is 1. The lowest BCUT2D eigenvalue weighted by atomic mass is 9.61. The molecule has 1 saturated carbocycles. The number of likely N-dealkylation sites (tertiary alicyclic amines) is 1. The first-order chi connectivity index (χ1) is 14.0. The SMILES string of the molecule is Cc1ccc(OC[C@@H]2CCCN(C[C@@H](O)C3(c4ccc(Cl)cc4)CCC3)C2)cc1. The van der Waals surface area contributed by atoms with Crippen LogP contribution in [0, 0.1) is 12.8 Å². The number of benzene rings is 2. The van der Waals surface area contributed by atoms with E-state index in [1.54, 1.807) is 0 Å². The molecule has 0 bridgehead atoms. The molecule has 0 spiro atoms. The third-order valence-corrected chi connectivity index (χ3v) is 7.10. The summed E-state index contributed by atoms with van der Waals surface area (Å²) in [5, 5.41) is 12.0. The van der Waals surface area contributed by atoms with E-state index in [4.69, 9.17) is 16.3 Å². The van der Waals surface area contributed by atoms with E-state index in [1.165, 1.54) is 30.4 Å². The molecule has 2 aliphatic rings. The molecule has 1 heterocycles. The van der Waals surface area contributed by atoms with Crippen molar-refractivity contribution in [3.63, 3.8) is 0 Å². The predicted molar refractivity (Wildman–Crippen MR) is 119 cm³/mol. The van der Waals surface area contributed by atoms with E-state index in [-0.39, 0.29) is 11.5 Å². The molecule has 1 aliphatic carbocycles. The van der Waals surface area contributed by atoms with Gasteiger partial charge in [-0.3, -0.25) is 0 Å². The van der Waals surface area contributed by atoms with Crippen LogP contribution in [0.2, 0.25) is 5.02 Å². The summed E-state index contributed by atoms with van der Waals surface area (Å²) in [6, 6.07) is 16.4. The van der Waals surface area contributed by atoms with Crippen molar-refractivity contribution in [2.24, 2.45) is 5.92 Å². The summed E-state index contributed by atoms with van der Waals surface area (Å²) in [4.78, 5) is 2.44. The van der Waals surface area contributed by atoms with E-state index < -0.39 is 0 Å². The number of aliphatic hydroxyl groups excluding tert-OH is 1. The third-order valence-electron chi connectivity index (χ3n) is 6.84. The van der Waals surface area contributed by atoms with Crippen molar-refractivity contribution in [1.29, 1.82) is 0 Å². The Hall–Kier alpha value is -1.55. The van der Waals surface area contributed by atoms with E-state index in [9.17, 15) is 5.11 Å². The second-order valence-corrected chi connectivity index (χ2v) is 9.36. The molecule has 0 radical (unpaired) electrons. The Morgan fingerprint density at radius 1 is 1.10 bits per heavy atom. The van der Waals surface area contributed by atoms with E-state index >= 15 is 0 Å². The van der Waals surface area contributed by atoms with Gasteiger partial charge in [0.1, 0.15) is 5.75 Å². The van der Waals surface area contributed by atoms with Crippen LogP contribution in [0.25, 0.3) is 0 Å². The first-order valence-corrected chi connectivity index (χ1v) is 11.3. The minimum atomic E-state index is -0.339. The highest BCUT2D eigenvalue weighted by atomic mass is 35.5. The Kier molecular flexibility index (Phi) is 6.48. The minimum Gasteiger partial charge on any atom is -0.493 e. The molecule has 0 aromatic heterocycles. The zero-order valence-corrected chi connectivity index (χ0v) is 18.1. The standard InChI is InChI=1S/C25H32ClNO2/c1-19-5-11-23(12-6-19)29-18-20-4-2-15-27(16-20)17-24(28)25(13-3-14-25)21-7-9-22(26)10-8-21/h5-12,20,24,28H,2-4,13-18H2,1H3/t20-,24-/m1/s1. The van der Waals surface area contributed by atoms with Crippen LogP contribution in [0.5, 0.6) is 5.75 Å². The zero-order chi connectivity index (χ0) is 20.3. The van der Waals surface area contributed by atoms with Crippen molar-refractivity contribution in [3.8, 4) is 5.75 Å². The molecule has 1 N–H and O–H groups in total. The number of halogens is 1. The second-order valence-electron chi connectivity index (χ2n) is 8.92. The van der Waals surface area contributed by atoms with Crippen LogP contribution in [0.1, 0.15) is 43.2 Å². The van der Waals surface area contributed by atoms with Crippen LogP contribution in [0.4, 0.5) is 0 Å². The van der Waals surface area contributed by atoms with Crippen LogP contribution in [-0.2, 0) is 5.41 Å². The topological polar surface area (TPSA) is 32.7 Å². The number of aliphatic hydroxyl groups is 1. The molecule has 2 aromatic carbocycles. The van der Waals surface area contributed by atoms with Gasteiger partial charge in [0.25, 0.3) is 0 Å². The lowest BCUT2D eigenvalue weighted by Gasteiger charge is -2.48. The van der Waals surface area contributed by atoms with Crippen molar-refractivity contribution < 1.29 is 9.84 Å². The Morgan fingerprint density at radius 3 is 2.48 bits per heavy atom. The van der Waals surface area contributed by atoms with Crippen LogP contribution >= 0.6 is 11.6 Å². The van der Waals surface area contributed by atoms with Gasteiger partial charge >= 0.3 is 0 Å². The smallest absolute Gasteiger partial charge is 0.119 e. The number of aryl methyl sites for hydroxylation is 1. The van der Waals surface area contributed by atoms with Crippen molar-refractivity contribution in [2.45, 2.75) is 50.5 Å². The summed E-state index contributed by atoms with van der Waals surface area (Å²) >= 11 is 6.07. The Labute approximate surface area is 179 Å². The summed E-state index contributed by atoms with van der Waals surface area (Å²) in [5.74, 6) is 1.47. The maximum absolute atomic E-state index is 11.2. The van der Waals surface area contributed by atoms with Gasteiger partial charge in [-0.05, 0) is 69.0 Å². The summed E-state index contributed by atoms with van der Waals surface area (Å²) in [5.41, 5.74) is 2.38. The van der Waals surface area contributed by atoms with Crippen molar-refractivity contribution in [2.75, 3.05) is 26.2 Å². The van der Waals surface area contributed by atoms with E-state index in [1.807, 2.05) is 24.3 Å². The van der Waals surface area contributed by atoms with Gasteiger partial charge in [0.15, 0.2) is 0 Å². The Bertz CT molecular complexity index is 785. The minimum absolute atomic E-state index is 0.101. The summed E-state index contributed by atoms with van der Waals surface area (Å²) in [6.45, 7) is 5.64. The number of rotatable bonds is 7. The molecule has 0 amide bonds. The van der Waals surface area contributed by atoms with Crippen LogP contribution in [0.15, 0.2) is 48.5 Å². The van der Waals surface area contributed by atoms with Crippen molar-refractivity contribution >= 4 is 11.6 Å². The first kappa shape index (κ1) is 20.7. The first-order valence-electron chi connectivity index (χ1n) is 10.9. The number of nitrogens with zero attached hydrogens (tertiary/aromatic N) is 1. The Morgan fingerprint density at radius 2 is 1.83 bits per heavy atom. The average Bonchev–Trinajstić information content (AvgIpc) is 2.68. The average molecular weight is 414 g/mol. The number of hydrogen-bond donors (Lipinski definition) is 1. The van der Waals surface area contributed by atoms with Crippen LogP contribution < -0.4 is 4.74 Å². The largest absolute Gasteiger partial charge is 0.493 e. The van der Waals surface area contributed by atoms with E-state index in [0.29, 0.717) is 5.92 Å². The molecule has 4 heteroatoms. The molecular weight excluding hydrogens is 382 g/mol. The van der Waals surface area contributed by atoms with Gasteiger partial charge in [-0.1, -0.05) is 47.9 Å². The summed E-state index contributed by atoms with van der Waals surface area (Å²) < 4.78 is 6.03. The molecule has 2 fully saturated rings. The van der Waals surface area contributed by atoms with Crippen molar-refractivity contribution in [3.05, 3.63) is 64.7 Å². The highest BCUT2D eigenvalue weighted by Gasteiger charge is 2.45. The van der Waals surface area contributed by atoms with E-state index in [2.05, 4.69) is 36.1 Å². The van der Waals surface area contributed by atoms with Gasteiger partial charge in [0.05, 0.1) is 12.7 Å². The fraction of sp³-hybridized carbons (Fsp3) is 0.520. The molecular formula is C25H32ClNO2. The fourth-order valence-electron chi connectivity index (χ4n) is 4.87. The van der Waals surface area contributed by atoms with E-state index in [0.717, 1.165) is 49.9 Å². The van der Waals surface area contributed by atoms with Crippen molar-refractivity contribution in [1.82, 2.24) is 4.90 Å². The normalized spacial score (nSPS) is 22.7. The van der Waals surface area contributed by atoms with Gasteiger partial charge in [-0.15, -0.1) is 0 Å². The molecule has 156 valence electrons. The monoisotopic (exact) mass is 413 g/mol. The summed E-state index contributed by atoms with van der Waals surface area (Å²) in [7, 11) is 0. The molecule has 2 atom stereocenters. The number of ether oxygens (including phenoxy) is 1. The zero-order valence-electron chi connectivity index (χ0n) is 17.3. The molecule has 0 unspecified atom stereocenters. The Balaban J connectivity index is 1.33.